The van der Waals surface area contributed by atoms with Crippen LogP contribution in [0.4, 0.5) is 0 Å². The van der Waals surface area contributed by atoms with Gasteiger partial charge in [-0.05, 0) is 39.1 Å². The Balaban J connectivity index is 1.49. The fourth-order valence-corrected chi connectivity index (χ4v) is 4.20. The van der Waals surface area contributed by atoms with E-state index in [4.69, 9.17) is 0 Å². The Hall–Kier alpha value is -3.77. The number of carbonyl (C=O) groups excluding carboxylic acids is 1. The van der Waals surface area contributed by atoms with Crippen LogP contribution >= 0.6 is 11.3 Å². The number of H-pyrrole nitrogens is 1. The lowest BCUT2D eigenvalue weighted by Gasteiger charge is -2.08. The van der Waals surface area contributed by atoms with Crippen molar-refractivity contribution < 1.29 is 4.79 Å². The molecule has 140 valence electrons. The summed E-state index contributed by atoms with van der Waals surface area (Å²) in [5.74, 6) is -0.303. The summed E-state index contributed by atoms with van der Waals surface area (Å²) in [5.41, 5.74) is 4.78. The average molecular weight is 396 g/mol. The van der Waals surface area contributed by atoms with Crippen LogP contribution in [0.3, 0.4) is 0 Å². The predicted octanol–water partition coefficient (Wildman–Crippen LogP) is 5.21. The van der Waals surface area contributed by atoms with Gasteiger partial charge >= 0.3 is 0 Å². The van der Waals surface area contributed by atoms with Crippen LogP contribution in [0.25, 0.3) is 32.1 Å². The molecule has 2 aromatic heterocycles. The normalized spacial score (nSPS) is 11.4. The van der Waals surface area contributed by atoms with E-state index in [2.05, 4.69) is 51.1 Å². The first kappa shape index (κ1) is 17.3. The number of thiophene rings is 1. The third-order valence-corrected chi connectivity index (χ3v) is 5.71. The van der Waals surface area contributed by atoms with Gasteiger partial charge in [-0.3, -0.25) is 9.89 Å². The topological polar surface area (TPSA) is 70.1 Å². The van der Waals surface area contributed by atoms with Crippen molar-refractivity contribution in [2.45, 2.75) is 0 Å². The largest absolute Gasteiger partial charge is 0.276 e. The summed E-state index contributed by atoms with van der Waals surface area (Å²) in [6, 6.07) is 22.4. The molecular weight excluding hydrogens is 380 g/mol. The molecule has 0 spiro atoms. The highest BCUT2D eigenvalue weighted by molar-refractivity contribution is 7.13. The number of nitrogens with zero attached hydrogens (tertiary/aromatic N) is 2. The van der Waals surface area contributed by atoms with Gasteiger partial charge in [0.1, 0.15) is 0 Å². The third kappa shape index (κ3) is 3.19. The minimum absolute atomic E-state index is 0.303. The zero-order chi connectivity index (χ0) is 19.6. The van der Waals surface area contributed by atoms with Gasteiger partial charge in [-0.15, -0.1) is 11.3 Å². The number of nitrogens with one attached hydrogen (secondary N) is 2. The Labute approximate surface area is 170 Å². The quantitative estimate of drug-likeness (QED) is 0.249. The van der Waals surface area contributed by atoms with Crippen molar-refractivity contribution in [1.82, 2.24) is 15.6 Å². The molecule has 0 radical (unpaired) electrons. The molecule has 29 heavy (non-hydrogen) atoms. The summed E-state index contributed by atoms with van der Waals surface area (Å²) < 4.78 is 0. The van der Waals surface area contributed by atoms with E-state index in [9.17, 15) is 4.79 Å². The second-order valence-corrected chi connectivity index (χ2v) is 7.52. The second kappa shape index (κ2) is 7.33. The first-order valence-corrected chi connectivity index (χ1v) is 10.0. The van der Waals surface area contributed by atoms with E-state index in [1.54, 1.807) is 17.6 Å². The maximum absolute atomic E-state index is 12.7. The number of hydrazone groups is 1. The minimum atomic E-state index is -0.303. The van der Waals surface area contributed by atoms with Crippen molar-refractivity contribution in [2.24, 2.45) is 5.10 Å². The summed E-state index contributed by atoms with van der Waals surface area (Å²) in [6.07, 6.45) is 3.24. The fourth-order valence-electron chi connectivity index (χ4n) is 3.47. The molecule has 2 N–H and O–H groups in total. The minimum Gasteiger partial charge on any atom is -0.276 e. The van der Waals surface area contributed by atoms with E-state index in [0.717, 1.165) is 32.0 Å². The number of aromatic nitrogens is 2. The van der Waals surface area contributed by atoms with Crippen LogP contribution in [0.15, 0.2) is 83.4 Å². The highest BCUT2D eigenvalue weighted by atomic mass is 32.1. The monoisotopic (exact) mass is 396 g/mol. The number of hydrogen-bond donors (Lipinski definition) is 2. The van der Waals surface area contributed by atoms with Gasteiger partial charge in [-0.25, -0.2) is 5.43 Å². The number of hydrogen-bond acceptors (Lipinski definition) is 4. The number of rotatable bonds is 4. The molecule has 3 aromatic carbocycles. The predicted molar refractivity (Wildman–Crippen MR) is 118 cm³/mol. The molecule has 0 unspecified atom stereocenters. The van der Waals surface area contributed by atoms with Gasteiger partial charge in [0.25, 0.3) is 5.91 Å². The van der Waals surface area contributed by atoms with Crippen LogP contribution in [0.1, 0.15) is 15.9 Å². The molecule has 0 atom stereocenters. The lowest BCUT2D eigenvalue weighted by molar-refractivity contribution is 0.0956. The van der Waals surface area contributed by atoms with E-state index in [1.807, 2.05) is 41.8 Å². The Morgan fingerprint density at radius 1 is 1.00 bits per heavy atom. The zero-order valence-electron chi connectivity index (χ0n) is 15.3. The summed E-state index contributed by atoms with van der Waals surface area (Å²) in [7, 11) is 0. The maximum atomic E-state index is 12.7. The van der Waals surface area contributed by atoms with Crippen LogP contribution < -0.4 is 5.43 Å². The van der Waals surface area contributed by atoms with E-state index in [0.29, 0.717) is 11.3 Å². The molecule has 0 aliphatic carbocycles. The lowest BCUT2D eigenvalue weighted by atomic mass is 9.97. The molecule has 0 bridgehead atoms. The maximum Gasteiger partial charge on any atom is 0.275 e. The smallest absolute Gasteiger partial charge is 0.275 e. The summed E-state index contributed by atoms with van der Waals surface area (Å²) >= 11 is 1.55. The SMILES string of the molecule is O=C(N/N=C/c1c2ccccc2cc2ccccc12)c1cn[nH]c1-c1cccs1. The second-order valence-electron chi connectivity index (χ2n) is 6.57. The summed E-state index contributed by atoms with van der Waals surface area (Å²) in [6.45, 7) is 0. The van der Waals surface area contributed by atoms with Crippen molar-refractivity contribution in [3.05, 3.63) is 89.4 Å². The van der Waals surface area contributed by atoms with Gasteiger partial charge in [0, 0.05) is 5.56 Å². The highest BCUT2D eigenvalue weighted by Crippen LogP contribution is 2.28. The van der Waals surface area contributed by atoms with E-state index >= 15 is 0 Å². The molecule has 0 aliphatic heterocycles. The summed E-state index contributed by atoms with van der Waals surface area (Å²) in [4.78, 5) is 13.6. The molecule has 6 heteroatoms. The number of benzene rings is 3. The Morgan fingerprint density at radius 3 is 2.41 bits per heavy atom. The Morgan fingerprint density at radius 2 is 1.72 bits per heavy atom. The van der Waals surface area contributed by atoms with Gasteiger partial charge < -0.3 is 0 Å². The van der Waals surface area contributed by atoms with E-state index in [1.165, 1.54) is 6.20 Å². The molecule has 5 nitrogen and oxygen atoms in total. The van der Waals surface area contributed by atoms with E-state index in [-0.39, 0.29) is 5.91 Å². The number of amides is 1. The van der Waals surface area contributed by atoms with Crippen LogP contribution in [0.2, 0.25) is 0 Å². The van der Waals surface area contributed by atoms with Gasteiger partial charge in [0.2, 0.25) is 0 Å². The third-order valence-electron chi connectivity index (χ3n) is 4.82. The molecule has 0 fully saturated rings. The van der Waals surface area contributed by atoms with Gasteiger partial charge in [-0.2, -0.15) is 10.2 Å². The Bertz CT molecular complexity index is 1300. The van der Waals surface area contributed by atoms with Crippen LogP contribution in [0, 0.1) is 0 Å². The zero-order valence-corrected chi connectivity index (χ0v) is 16.1. The van der Waals surface area contributed by atoms with Gasteiger partial charge in [0.05, 0.1) is 28.5 Å². The molecule has 5 rings (SSSR count). The van der Waals surface area contributed by atoms with Crippen LogP contribution in [-0.2, 0) is 0 Å². The first-order chi connectivity index (χ1) is 14.3. The van der Waals surface area contributed by atoms with Crippen LogP contribution in [0.5, 0.6) is 0 Å². The summed E-state index contributed by atoms with van der Waals surface area (Å²) in [5, 5.41) is 17.6. The van der Waals surface area contributed by atoms with E-state index < -0.39 is 0 Å². The van der Waals surface area contributed by atoms with Crippen molar-refractivity contribution in [2.75, 3.05) is 0 Å². The lowest BCUT2D eigenvalue weighted by Crippen LogP contribution is -2.17. The standard InChI is InChI=1S/C23H16N4OS/c28-23(20-14-24-26-22(20)21-10-5-11-29-21)27-25-13-19-17-8-3-1-6-15(17)12-16-7-2-4-9-18(16)19/h1-14H,(H,24,26)(H,27,28)/b25-13+. The molecule has 0 aliphatic rings. The van der Waals surface area contributed by atoms with Crippen molar-refractivity contribution in [3.8, 4) is 10.6 Å². The highest BCUT2D eigenvalue weighted by Gasteiger charge is 2.15. The molecule has 1 amide bonds. The Kier molecular flexibility index (Phi) is 4.38. The molecule has 2 heterocycles. The van der Waals surface area contributed by atoms with Crippen molar-refractivity contribution >= 4 is 45.0 Å². The van der Waals surface area contributed by atoms with Gasteiger partial charge in [0.15, 0.2) is 0 Å². The number of carbonyl (C=O) groups is 1. The van der Waals surface area contributed by atoms with Crippen LogP contribution in [-0.4, -0.2) is 22.3 Å². The molecule has 5 aromatic rings. The molecular formula is C23H16N4OS. The average Bonchev–Trinajstić information content (AvgIpc) is 3.44. The molecule has 0 saturated heterocycles. The van der Waals surface area contributed by atoms with Crippen molar-refractivity contribution in [1.29, 1.82) is 0 Å². The molecule has 0 saturated carbocycles. The van der Waals surface area contributed by atoms with Gasteiger partial charge in [-0.1, -0.05) is 54.6 Å². The van der Waals surface area contributed by atoms with Crippen molar-refractivity contribution in [3.63, 3.8) is 0 Å². The first-order valence-electron chi connectivity index (χ1n) is 9.12. The number of fused-ring (bicyclic) bond motifs is 2. The fraction of sp³-hybridized carbons (Fsp3) is 0. The number of aromatic amines is 1.